The summed E-state index contributed by atoms with van der Waals surface area (Å²) in [5, 5.41) is 3.06. The maximum atomic E-state index is 13.0. The van der Waals surface area contributed by atoms with Gasteiger partial charge in [-0.15, -0.1) is 0 Å². The number of nitrogens with one attached hydrogen (secondary N) is 2. The highest BCUT2D eigenvalue weighted by Crippen LogP contribution is 2.37. The smallest absolute Gasteiger partial charge is 0.256 e. The summed E-state index contributed by atoms with van der Waals surface area (Å²) in [5.74, 6) is 1.30. The predicted molar refractivity (Wildman–Crippen MR) is 150 cm³/mol. The molecule has 3 aromatic rings. The van der Waals surface area contributed by atoms with Crippen molar-refractivity contribution < 1.29 is 9.53 Å². The summed E-state index contributed by atoms with van der Waals surface area (Å²) in [6.07, 6.45) is 4.88. The van der Waals surface area contributed by atoms with Crippen molar-refractivity contribution in [2.45, 2.75) is 52.9 Å². The van der Waals surface area contributed by atoms with E-state index in [1.54, 1.807) is 0 Å². The first-order chi connectivity index (χ1) is 17.2. The Morgan fingerprint density at radius 1 is 1.06 bits per heavy atom. The van der Waals surface area contributed by atoms with Gasteiger partial charge in [0.05, 0.1) is 12.2 Å². The zero-order valence-corrected chi connectivity index (χ0v) is 22.5. The molecule has 2 N–H and O–H groups in total. The number of hydrogen-bond donors (Lipinski definition) is 2. The van der Waals surface area contributed by atoms with E-state index in [-0.39, 0.29) is 5.91 Å². The molecule has 4 rings (SSSR count). The summed E-state index contributed by atoms with van der Waals surface area (Å²) in [5.41, 5.74) is 9.74. The molecule has 1 aromatic heterocycles. The Kier molecular flexibility index (Phi) is 8.00. The molecule has 0 bridgehead atoms. The lowest BCUT2D eigenvalue weighted by atomic mass is 9.96. The highest BCUT2D eigenvalue weighted by molar-refractivity contribution is 6.35. The van der Waals surface area contributed by atoms with E-state index in [2.05, 4.69) is 75.2 Å². The number of H-pyrrole nitrogens is 1. The van der Waals surface area contributed by atoms with Crippen LogP contribution in [-0.4, -0.2) is 43.0 Å². The molecule has 1 aliphatic rings. The van der Waals surface area contributed by atoms with Gasteiger partial charge < -0.3 is 19.9 Å². The molecule has 0 atom stereocenters. The van der Waals surface area contributed by atoms with E-state index in [0.29, 0.717) is 18.1 Å². The maximum Gasteiger partial charge on any atom is 0.256 e. The Labute approximate surface area is 215 Å². The minimum atomic E-state index is -0.0520. The van der Waals surface area contributed by atoms with Crippen molar-refractivity contribution >= 4 is 23.2 Å². The molecule has 190 valence electrons. The molecule has 5 heteroatoms. The van der Waals surface area contributed by atoms with Crippen molar-refractivity contribution in [1.29, 1.82) is 0 Å². The predicted octanol–water partition coefficient (Wildman–Crippen LogP) is 6.36. The first kappa shape index (κ1) is 25.8. The van der Waals surface area contributed by atoms with E-state index in [1.807, 2.05) is 30.3 Å². The minimum absolute atomic E-state index is 0.0520. The van der Waals surface area contributed by atoms with Gasteiger partial charge in [-0.05, 0) is 99.8 Å². The van der Waals surface area contributed by atoms with Gasteiger partial charge in [0.1, 0.15) is 5.75 Å². The van der Waals surface area contributed by atoms with Crippen LogP contribution in [0.15, 0.2) is 42.5 Å². The number of carbonyl (C=O) groups excluding carboxylic acids is 1. The molecule has 5 nitrogen and oxygen atoms in total. The Bertz CT molecular complexity index is 1270. The second-order valence-electron chi connectivity index (χ2n) is 10.4. The molecule has 0 saturated heterocycles. The van der Waals surface area contributed by atoms with Crippen molar-refractivity contribution in [3.8, 4) is 5.75 Å². The molecule has 0 unspecified atom stereocenters. The highest BCUT2D eigenvalue weighted by atomic mass is 16.5. The fourth-order valence-electron chi connectivity index (χ4n) is 4.96. The Balaban J connectivity index is 1.55. The fraction of sp³-hybridized carbons (Fsp3) is 0.387. The van der Waals surface area contributed by atoms with Gasteiger partial charge >= 0.3 is 0 Å². The third-order valence-corrected chi connectivity index (χ3v) is 7.03. The van der Waals surface area contributed by atoms with Gasteiger partial charge in [0.15, 0.2) is 0 Å². The minimum Gasteiger partial charge on any atom is -0.493 e. The van der Waals surface area contributed by atoms with Gasteiger partial charge in [0, 0.05) is 29.1 Å². The molecule has 0 spiro atoms. The molecular weight excluding hydrogens is 446 g/mol. The first-order valence-corrected chi connectivity index (χ1v) is 13.0. The van der Waals surface area contributed by atoms with Gasteiger partial charge in [0.25, 0.3) is 5.91 Å². The van der Waals surface area contributed by atoms with Crippen LogP contribution in [0, 0.1) is 13.8 Å². The van der Waals surface area contributed by atoms with Crippen LogP contribution >= 0.6 is 0 Å². The highest BCUT2D eigenvalue weighted by Gasteiger charge is 2.27. The number of ether oxygens (including phenoxy) is 1. The molecule has 0 radical (unpaired) electrons. The van der Waals surface area contributed by atoms with Gasteiger partial charge in [-0.1, -0.05) is 38.1 Å². The third-order valence-electron chi connectivity index (χ3n) is 7.03. The lowest BCUT2D eigenvalue weighted by Crippen LogP contribution is -2.13. The molecule has 0 saturated carbocycles. The average molecular weight is 486 g/mol. The number of aryl methyl sites for hydroxylation is 1. The molecular formula is C31H39N3O2. The zero-order valence-electron chi connectivity index (χ0n) is 22.5. The van der Waals surface area contributed by atoms with Gasteiger partial charge in [0.2, 0.25) is 0 Å². The number of nitrogens with zero attached hydrogens (tertiary/aromatic N) is 1. The van der Waals surface area contributed by atoms with Crippen LogP contribution < -0.4 is 10.1 Å². The second-order valence-corrected chi connectivity index (χ2v) is 10.4. The Morgan fingerprint density at radius 3 is 2.58 bits per heavy atom. The van der Waals surface area contributed by atoms with E-state index in [0.717, 1.165) is 54.1 Å². The van der Waals surface area contributed by atoms with Gasteiger partial charge in [-0.3, -0.25) is 4.79 Å². The molecule has 2 aromatic carbocycles. The van der Waals surface area contributed by atoms with Crippen LogP contribution in [0.5, 0.6) is 5.75 Å². The molecule has 0 fully saturated rings. The Morgan fingerprint density at radius 2 is 1.83 bits per heavy atom. The quantitative estimate of drug-likeness (QED) is 0.328. The van der Waals surface area contributed by atoms with E-state index in [1.165, 1.54) is 22.4 Å². The summed E-state index contributed by atoms with van der Waals surface area (Å²) in [6, 6.07) is 14.4. The number of carbonyl (C=O) groups is 1. The summed E-state index contributed by atoms with van der Waals surface area (Å²) in [4.78, 5) is 18.8. The zero-order chi connectivity index (χ0) is 25.8. The van der Waals surface area contributed by atoms with Crippen LogP contribution in [0.3, 0.4) is 0 Å². The van der Waals surface area contributed by atoms with Crippen LogP contribution in [0.25, 0.3) is 11.6 Å². The van der Waals surface area contributed by atoms with E-state index >= 15 is 0 Å². The summed E-state index contributed by atoms with van der Waals surface area (Å²) >= 11 is 0. The summed E-state index contributed by atoms with van der Waals surface area (Å²) in [6.45, 7) is 10.3. The van der Waals surface area contributed by atoms with Crippen LogP contribution in [0.1, 0.15) is 65.4 Å². The molecule has 36 heavy (non-hydrogen) atoms. The molecule has 1 aliphatic heterocycles. The summed E-state index contributed by atoms with van der Waals surface area (Å²) < 4.78 is 6.10. The number of aromatic nitrogens is 1. The second kappa shape index (κ2) is 11.2. The van der Waals surface area contributed by atoms with E-state index in [9.17, 15) is 4.79 Å². The van der Waals surface area contributed by atoms with Crippen LogP contribution in [0.4, 0.5) is 5.69 Å². The molecule has 2 heterocycles. The van der Waals surface area contributed by atoms with Crippen molar-refractivity contribution in [3.05, 3.63) is 81.7 Å². The molecule has 1 amide bonds. The van der Waals surface area contributed by atoms with Gasteiger partial charge in [-0.25, -0.2) is 0 Å². The topological polar surface area (TPSA) is 57.4 Å². The fourth-order valence-corrected chi connectivity index (χ4v) is 4.96. The lowest BCUT2D eigenvalue weighted by molar-refractivity contribution is -0.110. The average Bonchev–Trinajstić information content (AvgIpc) is 3.30. The Hall–Kier alpha value is -3.31. The number of amides is 1. The van der Waals surface area contributed by atoms with E-state index < -0.39 is 0 Å². The van der Waals surface area contributed by atoms with Crippen LogP contribution in [0.2, 0.25) is 0 Å². The monoisotopic (exact) mass is 485 g/mol. The van der Waals surface area contributed by atoms with Crippen molar-refractivity contribution in [1.82, 2.24) is 9.88 Å². The normalized spacial score (nSPS) is 14.1. The largest absolute Gasteiger partial charge is 0.493 e. The number of fused-ring (bicyclic) bond motifs is 1. The van der Waals surface area contributed by atoms with Crippen molar-refractivity contribution in [2.75, 3.05) is 32.6 Å². The maximum absolute atomic E-state index is 13.0. The summed E-state index contributed by atoms with van der Waals surface area (Å²) in [7, 11) is 4.21. The van der Waals surface area contributed by atoms with Crippen molar-refractivity contribution in [3.63, 3.8) is 0 Å². The number of aromatic amines is 1. The standard InChI is InChI=1S/C31H39N3O2/c1-20(2)24-11-7-12-25(18-24)36-17-15-23-10-8-14-28-30(23)27(31(35)33-28)19-29-21(3)26(22(4)32-29)13-9-16-34(5)6/h7-8,10-12,14,18-20,32H,9,13,15-17H2,1-6H3,(H,33,35)/b27-19-. The number of rotatable bonds is 10. The number of benzene rings is 2. The number of hydrogen-bond acceptors (Lipinski definition) is 3. The van der Waals surface area contributed by atoms with Gasteiger partial charge in [-0.2, -0.15) is 0 Å². The van der Waals surface area contributed by atoms with E-state index in [4.69, 9.17) is 4.74 Å². The molecule has 0 aliphatic carbocycles. The third kappa shape index (κ3) is 5.73. The SMILES string of the molecule is Cc1[nH]c(/C=C2\C(=O)Nc3cccc(CCOc4cccc(C(C)C)c4)c32)c(C)c1CCCN(C)C. The lowest BCUT2D eigenvalue weighted by Gasteiger charge is -2.12. The van der Waals surface area contributed by atoms with Crippen molar-refractivity contribution in [2.24, 2.45) is 0 Å². The first-order valence-electron chi connectivity index (χ1n) is 13.0. The van der Waals surface area contributed by atoms with Crippen LogP contribution in [-0.2, 0) is 17.6 Å². The number of anilines is 1.